The largest absolute Gasteiger partial charge is 0.343 e. The van der Waals surface area contributed by atoms with Crippen molar-refractivity contribution in [3.05, 3.63) is 90.0 Å². The molecule has 0 spiro atoms. The molecule has 0 aliphatic heterocycles. The molecule has 2 N–H and O–H groups in total. The Morgan fingerprint density at radius 3 is 2.03 bits per heavy atom. The van der Waals surface area contributed by atoms with Crippen LogP contribution in [0.2, 0.25) is 0 Å². The van der Waals surface area contributed by atoms with Crippen molar-refractivity contribution in [1.82, 2.24) is 10.2 Å². The smallest absolute Gasteiger partial charge is 0.251 e. The van der Waals surface area contributed by atoms with E-state index >= 15 is 0 Å². The van der Waals surface area contributed by atoms with Gasteiger partial charge >= 0.3 is 0 Å². The zero-order chi connectivity index (χ0) is 23.8. The maximum Gasteiger partial charge on any atom is 0.251 e. The van der Waals surface area contributed by atoms with Gasteiger partial charge in [0.2, 0.25) is 11.8 Å². The van der Waals surface area contributed by atoms with E-state index in [1.807, 2.05) is 42.5 Å². The van der Waals surface area contributed by atoms with Gasteiger partial charge in [0.1, 0.15) is 17.3 Å². The standard InChI is InChI=1S/C25H23F2N3O3/c1-2-30(16-22(31)29-24-20(26)9-6-10-21(24)27)23(32)15-28-25(33)19-13-11-18(12-14-19)17-7-4-3-5-8-17/h3-14H,2,15-16H2,1H3,(H,28,33)(H,29,31). The minimum atomic E-state index is -0.914. The number of benzene rings is 3. The Kier molecular flexibility index (Phi) is 7.86. The number of nitrogens with one attached hydrogen (secondary N) is 2. The predicted octanol–water partition coefficient (Wildman–Crippen LogP) is 3.85. The zero-order valence-electron chi connectivity index (χ0n) is 18.0. The molecule has 0 heterocycles. The zero-order valence-corrected chi connectivity index (χ0v) is 18.0. The van der Waals surface area contributed by atoms with Crippen molar-refractivity contribution < 1.29 is 23.2 Å². The molecule has 3 rings (SSSR count). The Bertz CT molecular complexity index is 1120. The van der Waals surface area contributed by atoms with Crippen molar-refractivity contribution in [1.29, 1.82) is 0 Å². The molecule has 0 radical (unpaired) electrons. The van der Waals surface area contributed by atoms with Crippen LogP contribution in [0.5, 0.6) is 0 Å². The number of para-hydroxylation sites is 1. The molecule has 33 heavy (non-hydrogen) atoms. The normalized spacial score (nSPS) is 10.4. The van der Waals surface area contributed by atoms with Crippen LogP contribution >= 0.6 is 0 Å². The Morgan fingerprint density at radius 2 is 1.42 bits per heavy atom. The van der Waals surface area contributed by atoms with Gasteiger partial charge in [0.05, 0.1) is 13.1 Å². The molecule has 0 unspecified atom stereocenters. The Balaban J connectivity index is 1.54. The summed E-state index contributed by atoms with van der Waals surface area (Å²) in [6.07, 6.45) is 0. The third-order valence-electron chi connectivity index (χ3n) is 4.95. The van der Waals surface area contributed by atoms with Crippen LogP contribution in [-0.4, -0.2) is 42.3 Å². The number of carbonyl (C=O) groups excluding carboxylic acids is 3. The van der Waals surface area contributed by atoms with Crippen LogP contribution in [0, 0.1) is 11.6 Å². The molecule has 0 aromatic heterocycles. The summed E-state index contributed by atoms with van der Waals surface area (Å²) in [5.41, 5.74) is 1.79. The fourth-order valence-corrected chi connectivity index (χ4v) is 3.16. The Morgan fingerprint density at radius 1 is 0.818 bits per heavy atom. The summed E-state index contributed by atoms with van der Waals surface area (Å²) in [5, 5.41) is 4.67. The molecule has 0 saturated carbocycles. The van der Waals surface area contributed by atoms with Crippen LogP contribution in [0.3, 0.4) is 0 Å². The number of carbonyl (C=O) groups is 3. The van der Waals surface area contributed by atoms with Crippen molar-refractivity contribution in [2.45, 2.75) is 6.92 Å². The second-order valence-corrected chi connectivity index (χ2v) is 7.18. The van der Waals surface area contributed by atoms with Crippen LogP contribution in [-0.2, 0) is 9.59 Å². The van der Waals surface area contributed by atoms with E-state index in [0.717, 1.165) is 23.3 Å². The number of nitrogens with zero attached hydrogens (tertiary/aromatic N) is 1. The monoisotopic (exact) mass is 451 g/mol. The van der Waals surface area contributed by atoms with Gasteiger partial charge in [0.15, 0.2) is 0 Å². The van der Waals surface area contributed by atoms with Crippen molar-refractivity contribution in [3.8, 4) is 11.1 Å². The number of hydrogen-bond donors (Lipinski definition) is 2. The molecule has 0 bridgehead atoms. The van der Waals surface area contributed by atoms with Gasteiger partial charge in [-0.25, -0.2) is 8.78 Å². The van der Waals surface area contributed by atoms with Crippen molar-refractivity contribution in [3.63, 3.8) is 0 Å². The maximum atomic E-state index is 13.7. The summed E-state index contributed by atoms with van der Waals surface area (Å²) >= 11 is 0. The topological polar surface area (TPSA) is 78.5 Å². The van der Waals surface area contributed by atoms with Crippen LogP contribution in [0.1, 0.15) is 17.3 Å². The first-order valence-corrected chi connectivity index (χ1v) is 10.3. The van der Waals surface area contributed by atoms with E-state index < -0.39 is 41.6 Å². The summed E-state index contributed by atoms with van der Waals surface area (Å²) < 4.78 is 27.4. The molecule has 6 nitrogen and oxygen atoms in total. The van der Waals surface area contributed by atoms with Crippen molar-refractivity contribution in [2.24, 2.45) is 0 Å². The molecule has 8 heteroatoms. The minimum Gasteiger partial charge on any atom is -0.343 e. The lowest BCUT2D eigenvalue weighted by Gasteiger charge is -2.20. The maximum absolute atomic E-state index is 13.7. The summed E-state index contributed by atoms with van der Waals surface area (Å²) in [7, 11) is 0. The van der Waals surface area contributed by atoms with Gasteiger partial charge in [0.25, 0.3) is 5.91 Å². The highest BCUT2D eigenvalue weighted by molar-refractivity contribution is 5.98. The molecule has 3 amide bonds. The fourth-order valence-electron chi connectivity index (χ4n) is 3.16. The van der Waals surface area contributed by atoms with Gasteiger partial charge in [-0.15, -0.1) is 0 Å². The van der Waals surface area contributed by atoms with Crippen molar-refractivity contribution in [2.75, 3.05) is 25.0 Å². The van der Waals surface area contributed by atoms with Gasteiger partial charge in [-0.2, -0.15) is 0 Å². The Hall–Kier alpha value is -4.07. The van der Waals surface area contributed by atoms with E-state index in [1.165, 1.54) is 11.0 Å². The van der Waals surface area contributed by atoms with Crippen molar-refractivity contribution >= 4 is 23.4 Å². The average Bonchev–Trinajstić information content (AvgIpc) is 2.84. The van der Waals surface area contributed by atoms with Crippen LogP contribution in [0.15, 0.2) is 72.8 Å². The first-order chi connectivity index (χ1) is 15.9. The molecule has 0 atom stereocenters. The predicted molar refractivity (Wildman–Crippen MR) is 121 cm³/mol. The molecular weight excluding hydrogens is 428 g/mol. The third kappa shape index (κ3) is 6.22. The molecule has 0 aliphatic carbocycles. The molecule has 0 fully saturated rings. The van der Waals surface area contributed by atoms with E-state index in [9.17, 15) is 23.2 Å². The molecular formula is C25H23F2N3O3. The van der Waals surface area contributed by atoms with Crippen LogP contribution in [0.4, 0.5) is 14.5 Å². The number of rotatable bonds is 8. The van der Waals surface area contributed by atoms with Gasteiger partial charge in [0, 0.05) is 12.1 Å². The summed E-state index contributed by atoms with van der Waals surface area (Å²) in [6.45, 7) is 1.09. The van der Waals surface area contributed by atoms with E-state index in [-0.39, 0.29) is 13.1 Å². The van der Waals surface area contributed by atoms with Gasteiger partial charge < -0.3 is 15.5 Å². The number of likely N-dealkylation sites (N-methyl/N-ethyl adjacent to an activating group) is 1. The highest BCUT2D eigenvalue weighted by atomic mass is 19.1. The number of hydrogen-bond acceptors (Lipinski definition) is 3. The number of anilines is 1. The van der Waals surface area contributed by atoms with E-state index in [0.29, 0.717) is 5.56 Å². The minimum absolute atomic E-state index is 0.174. The van der Waals surface area contributed by atoms with E-state index in [4.69, 9.17) is 0 Å². The third-order valence-corrected chi connectivity index (χ3v) is 4.95. The Labute approximate surface area is 190 Å². The fraction of sp³-hybridized carbons (Fsp3) is 0.160. The van der Waals surface area contributed by atoms with Gasteiger partial charge in [-0.3, -0.25) is 14.4 Å². The SMILES string of the molecule is CCN(CC(=O)Nc1c(F)cccc1F)C(=O)CNC(=O)c1ccc(-c2ccccc2)cc1. The van der Waals surface area contributed by atoms with Gasteiger partial charge in [-0.05, 0) is 42.3 Å². The lowest BCUT2D eigenvalue weighted by molar-refractivity contribution is -0.133. The number of halogens is 2. The molecule has 0 aliphatic rings. The summed E-state index contributed by atoms with van der Waals surface area (Å²) in [6, 6.07) is 19.9. The number of amides is 3. The molecule has 3 aromatic carbocycles. The van der Waals surface area contributed by atoms with Crippen LogP contribution < -0.4 is 10.6 Å². The summed E-state index contributed by atoms with van der Waals surface area (Å²) in [4.78, 5) is 38.2. The average molecular weight is 451 g/mol. The first kappa shape index (κ1) is 23.6. The first-order valence-electron chi connectivity index (χ1n) is 10.3. The highest BCUT2D eigenvalue weighted by Crippen LogP contribution is 2.19. The van der Waals surface area contributed by atoms with Gasteiger partial charge in [-0.1, -0.05) is 48.5 Å². The lowest BCUT2D eigenvalue weighted by Crippen LogP contribution is -2.43. The molecule has 3 aromatic rings. The van der Waals surface area contributed by atoms with E-state index in [2.05, 4.69) is 10.6 Å². The van der Waals surface area contributed by atoms with Crippen LogP contribution in [0.25, 0.3) is 11.1 Å². The molecule has 170 valence electrons. The van der Waals surface area contributed by atoms with E-state index in [1.54, 1.807) is 19.1 Å². The second-order valence-electron chi connectivity index (χ2n) is 7.18. The lowest BCUT2D eigenvalue weighted by atomic mass is 10.0. The summed E-state index contributed by atoms with van der Waals surface area (Å²) in [5.74, 6) is -3.52. The second kappa shape index (κ2) is 11.0. The molecule has 0 saturated heterocycles. The highest BCUT2D eigenvalue weighted by Gasteiger charge is 2.19. The quantitative estimate of drug-likeness (QED) is 0.546.